The Labute approximate surface area is 89.2 Å². The number of nitrogens with one attached hydrogen (secondary N) is 1. The van der Waals surface area contributed by atoms with Crippen molar-refractivity contribution in [1.29, 1.82) is 0 Å². The fourth-order valence-corrected chi connectivity index (χ4v) is 2.23. The summed E-state index contributed by atoms with van der Waals surface area (Å²) >= 11 is 0. The molecule has 0 aromatic carbocycles. The molecule has 82 valence electrons. The van der Waals surface area contributed by atoms with Gasteiger partial charge in [-0.15, -0.1) is 0 Å². The maximum absolute atomic E-state index is 12.0. The minimum absolute atomic E-state index is 0.154. The molecule has 1 saturated carbocycles. The first-order chi connectivity index (χ1) is 7.18. The third-order valence-electron chi connectivity index (χ3n) is 3.32. The van der Waals surface area contributed by atoms with Crippen molar-refractivity contribution < 1.29 is 4.79 Å². The maximum atomic E-state index is 12.0. The monoisotopic (exact) mass is 207 g/mol. The average molecular weight is 207 g/mol. The zero-order valence-corrected chi connectivity index (χ0v) is 8.99. The van der Waals surface area contributed by atoms with E-state index in [0.29, 0.717) is 11.4 Å². The lowest BCUT2D eigenvalue weighted by Gasteiger charge is -2.24. The predicted molar refractivity (Wildman–Crippen MR) is 58.5 cm³/mol. The summed E-state index contributed by atoms with van der Waals surface area (Å²) in [5.74, 6) is 1.48. The molecule has 0 bridgehead atoms. The lowest BCUT2D eigenvalue weighted by atomic mass is 9.80. The molecule has 0 amide bonds. The van der Waals surface area contributed by atoms with Crippen LogP contribution >= 0.6 is 0 Å². The number of anilines is 1. The summed E-state index contributed by atoms with van der Waals surface area (Å²) in [6, 6.07) is 0. The van der Waals surface area contributed by atoms with Crippen LogP contribution in [-0.4, -0.2) is 16.0 Å². The van der Waals surface area contributed by atoms with Crippen LogP contribution in [0.5, 0.6) is 0 Å². The van der Waals surface area contributed by atoms with Gasteiger partial charge in [-0.25, -0.2) is 0 Å². The lowest BCUT2D eigenvalue weighted by Crippen LogP contribution is -2.21. The van der Waals surface area contributed by atoms with Crippen molar-refractivity contribution in [2.75, 3.05) is 5.73 Å². The van der Waals surface area contributed by atoms with Crippen LogP contribution in [0, 0.1) is 11.8 Å². The van der Waals surface area contributed by atoms with Crippen molar-refractivity contribution in [1.82, 2.24) is 10.2 Å². The third-order valence-corrected chi connectivity index (χ3v) is 3.32. The van der Waals surface area contributed by atoms with Crippen LogP contribution in [0.2, 0.25) is 0 Å². The summed E-state index contributed by atoms with van der Waals surface area (Å²) in [5.41, 5.74) is 6.20. The van der Waals surface area contributed by atoms with Gasteiger partial charge in [0.15, 0.2) is 5.78 Å². The normalized spacial score (nSPS) is 26.5. The second-order valence-corrected chi connectivity index (χ2v) is 4.52. The van der Waals surface area contributed by atoms with Crippen LogP contribution in [0.15, 0.2) is 6.20 Å². The molecule has 1 aromatic heterocycles. The number of hydrogen-bond donors (Lipinski definition) is 2. The molecule has 0 unspecified atom stereocenters. The number of rotatable bonds is 2. The van der Waals surface area contributed by atoms with Gasteiger partial charge in [0.2, 0.25) is 0 Å². The zero-order valence-electron chi connectivity index (χ0n) is 8.99. The number of nitrogens with two attached hydrogens (primary N) is 1. The molecular weight excluding hydrogens is 190 g/mol. The first kappa shape index (κ1) is 10.2. The molecule has 1 aromatic rings. The largest absolute Gasteiger partial charge is 0.383 e. The first-order valence-electron chi connectivity index (χ1n) is 5.51. The molecule has 4 heteroatoms. The summed E-state index contributed by atoms with van der Waals surface area (Å²) in [5, 5.41) is 6.39. The number of H-pyrrole nitrogens is 1. The van der Waals surface area contributed by atoms with Crippen molar-refractivity contribution in [2.45, 2.75) is 32.6 Å². The molecule has 0 spiro atoms. The number of ketones is 1. The van der Waals surface area contributed by atoms with Crippen LogP contribution in [0.25, 0.3) is 0 Å². The van der Waals surface area contributed by atoms with E-state index in [1.165, 1.54) is 6.20 Å². The molecule has 0 aliphatic heterocycles. The van der Waals surface area contributed by atoms with Crippen LogP contribution < -0.4 is 5.73 Å². The van der Waals surface area contributed by atoms with E-state index in [0.717, 1.165) is 31.6 Å². The van der Waals surface area contributed by atoms with E-state index in [9.17, 15) is 4.79 Å². The number of carbonyl (C=O) groups excluding carboxylic acids is 1. The Morgan fingerprint density at radius 3 is 2.67 bits per heavy atom. The van der Waals surface area contributed by atoms with Gasteiger partial charge in [-0.05, 0) is 18.8 Å². The van der Waals surface area contributed by atoms with Gasteiger partial charge in [-0.1, -0.05) is 19.8 Å². The third kappa shape index (κ3) is 2.03. The number of carbonyl (C=O) groups is 1. The SMILES string of the molecule is CC1CCC(C(=O)c2cn[nH]c2N)CC1. The van der Waals surface area contributed by atoms with Gasteiger partial charge in [0.1, 0.15) is 5.82 Å². The van der Waals surface area contributed by atoms with Crippen molar-refractivity contribution in [3.8, 4) is 0 Å². The Morgan fingerprint density at radius 2 is 2.13 bits per heavy atom. The standard InChI is InChI=1S/C11H17N3O/c1-7-2-4-8(5-3-7)10(15)9-6-13-14-11(9)12/h6-8H,2-5H2,1H3,(H3,12,13,14). The second-order valence-electron chi connectivity index (χ2n) is 4.52. The number of Topliss-reactive ketones (excluding diaryl/α,β-unsaturated/α-hetero) is 1. The second kappa shape index (κ2) is 4.04. The van der Waals surface area contributed by atoms with E-state index < -0.39 is 0 Å². The summed E-state index contributed by atoms with van der Waals surface area (Å²) < 4.78 is 0. The number of hydrogen-bond acceptors (Lipinski definition) is 3. The molecule has 0 radical (unpaired) electrons. The highest BCUT2D eigenvalue weighted by molar-refractivity contribution is 6.01. The summed E-state index contributed by atoms with van der Waals surface area (Å²) in [4.78, 5) is 12.0. The van der Waals surface area contributed by atoms with Crippen molar-refractivity contribution >= 4 is 11.6 Å². The van der Waals surface area contributed by atoms with Gasteiger partial charge in [0.05, 0.1) is 11.8 Å². The summed E-state index contributed by atoms with van der Waals surface area (Å²) in [6.07, 6.45) is 5.81. The Hall–Kier alpha value is -1.32. The van der Waals surface area contributed by atoms with E-state index in [1.54, 1.807) is 0 Å². The number of nitrogen functional groups attached to an aromatic ring is 1. The van der Waals surface area contributed by atoms with Gasteiger partial charge >= 0.3 is 0 Å². The molecule has 15 heavy (non-hydrogen) atoms. The molecule has 3 N–H and O–H groups in total. The van der Waals surface area contributed by atoms with Crippen LogP contribution in [0.3, 0.4) is 0 Å². The highest BCUT2D eigenvalue weighted by Gasteiger charge is 2.26. The van der Waals surface area contributed by atoms with Gasteiger partial charge in [0, 0.05) is 5.92 Å². The fraction of sp³-hybridized carbons (Fsp3) is 0.636. The molecule has 4 nitrogen and oxygen atoms in total. The topological polar surface area (TPSA) is 71.8 Å². The quantitative estimate of drug-likeness (QED) is 0.728. The molecule has 1 aliphatic carbocycles. The molecule has 2 rings (SSSR count). The minimum atomic E-state index is 0.154. The van der Waals surface area contributed by atoms with Gasteiger partial charge in [0.25, 0.3) is 0 Å². The minimum Gasteiger partial charge on any atom is -0.383 e. The lowest BCUT2D eigenvalue weighted by molar-refractivity contribution is 0.0876. The van der Waals surface area contributed by atoms with E-state index in [2.05, 4.69) is 17.1 Å². The maximum Gasteiger partial charge on any atom is 0.171 e. The summed E-state index contributed by atoms with van der Waals surface area (Å²) in [6.45, 7) is 2.24. The van der Waals surface area contributed by atoms with Crippen molar-refractivity contribution in [2.24, 2.45) is 11.8 Å². The Balaban J connectivity index is 2.06. The zero-order chi connectivity index (χ0) is 10.8. The predicted octanol–water partition coefficient (Wildman–Crippen LogP) is 2.00. The molecular formula is C11H17N3O. The Bertz CT molecular complexity index is 350. The van der Waals surface area contributed by atoms with Crippen molar-refractivity contribution in [3.05, 3.63) is 11.8 Å². The van der Waals surface area contributed by atoms with Gasteiger partial charge in [-0.2, -0.15) is 5.10 Å². The smallest absolute Gasteiger partial charge is 0.171 e. The Morgan fingerprint density at radius 1 is 1.47 bits per heavy atom. The number of nitrogens with zero attached hydrogens (tertiary/aromatic N) is 1. The molecule has 1 aliphatic rings. The number of aromatic amines is 1. The summed E-state index contributed by atoms with van der Waals surface area (Å²) in [7, 11) is 0. The van der Waals surface area contributed by atoms with Crippen LogP contribution in [-0.2, 0) is 0 Å². The molecule has 0 atom stereocenters. The highest BCUT2D eigenvalue weighted by atomic mass is 16.1. The molecule has 1 heterocycles. The van der Waals surface area contributed by atoms with E-state index in [4.69, 9.17) is 5.73 Å². The van der Waals surface area contributed by atoms with Gasteiger partial charge < -0.3 is 5.73 Å². The van der Waals surface area contributed by atoms with Gasteiger partial charge in [-0.3, -0.25) is 9.89 Å². The average Bonchev–Trinajstić information content (AvgIpc) is 2.65. The highest BCUT2D eigenvalue weighted by Crippen LogP contribution is 2.31. The Kier molecular flexibility index (Phi) is 2.75. The number of aromatic nitrogens is 2. The molecule has 1 fully saturated rings. The van der Waals surface area contributed by atoms with Crippen molar-refractivity contribution in [3.63, 3.8) is 0 Å². The fourth-order valence-electron chi connectivity index (χ4n) is 2.23. The van der Waals surface area contributed by atoms with E-state index in [1.807, 2.05) is 0 Å². The first-order valence-corrected chi connectivity index (χ1v) is 5.51. The molecule has 0 saturated heterocycles. The van der Waals surface area contributed by atoms with E-state index >= 15 is 0 Å². The van der Waals surface area contributed by atoms with E-state index in [-0.39, 0.29) is 11.7 Å². The van der Waals surface area contributed by atoms with Crippen LogP contribution in [0.1, 0.15) is 43.0 Å². The van der Waals surface area contributed by atoms with Crippen LogP contribution in [0.4, 0.5) is 5.82 Å².